The first kappa shape index (κ1) is 21.8. The molecule has 7 heteroatoms. The van der Waals surface area contributed by atoms with E-state index in [0.29, 0.717) is 28.6 Å². The molecule has 0 radical (unpaired) electrons. The minimum atomic E-state index is -0.418. The zero-order valence-electron chi connectivity index (χ0n) is 17.4. The highest BCUT2D eigenvalue weighted by molar-refractivity contribution is 7.16. The van der Waals surface area contributed by atoms with Crippen molar-refractivity contribution in [1.29, 1.82) is 0 Å². The maximum atomic E-state index is 12.4. The number of nitrogens with one attached hydrogen (secondary N) is 2. The van der Waals surface area contributed by atoms with Gasteiger partial charge in [0.15, 0.2) is 0 Å². The molecule has 0 spiro atoms. The van der Waals surface area contributed by atoms with Gasteiger partial charge < -0.3 is 15.4 Å². The second-order valence-electron chi connectivity index (χ2n) is 7.11. The highest BCUT2D eigenvalue weighted by Crippen LogP contribution is 2.34. The molecule has 0 bridgehead atoms. The van der Waals surface area contributed by atoms with Crippen molar-refractivity contribution in [3.8, 4) is 0 Å². The Balaban J connectivity index is 1.67. The number of benzene rings is 1. The second kappa shape index (κ2) is 9.71. The van der Waals surface area contributed by atoms with Gasteiger partial charge >= 0.3 is 5.97 Å². The van der Waals surface area contributed by atoms with Gasteiger partial charge in [-0.3, -0.25) is 9.59 Å². The molecule has 2 aromatic rings. The third kappa shape index (κ3) is 5.36. The van der Waals surface area contributed by atoms with Gasteiger partial charge in [-0.05, 0) is 62.4 Å². The average Bonchev–Trinajstić information content (AvgIpc) is 3.48. The predicted molar refractivity (Wildman–Crippen MR) is 119 cm³/mol. The number of aryl methyl sites for hydroxylation is 1. The molecule has 1 aliphatic rings. The predicted octanol–water partition coefficient (Wildman–Crippen LogP) is 4.34. The van der Waals surface area contributed by atoms with E-state index in [0.717, 1.165) is 28.8 Å². The van der Waals surface area contributed by atoms with Gasteiger partial charge in [-0.2, -0.15) is 0 Å². The molecule has 158 valence electrons. The van der Waals surface area contributed by atoms with E-state index in [2.05, 4.69) is 10.6 Å². The highest BCUT2D eigenvalue weighted by atomic mass is 32.1. The Bertz CT molecular complexity index is 972. The number of anilines is 1. The highest BCUT2D eigenvalue weighted by Gasteiger charge is 2.24. The molecule has 1 fully saturated rings. The lowest BCUT2D eigenvalue weighted by atomic mass is 10.1. The molecular weight excluding hydrogens is 400 g/mol. The van der Waals surface area contributed by atoms with Crippen molar-refractivity contribution in [2.75, 3.05) is 11.9 Å². The fourth-order valence-electron chi connectivity index (χ4n) is 3.08. The van der Waals surface area contributed by atoms with Crippen molar-refractivity contribution < 1.29 is 19.1 Å². The zero-order valence-corrected chi connectivity index (χ0v) is 18.2. The minimum absolute atomic E-state index is 0.0722. The van der Waals surface area contributed by atoms with Crippen LogP contribution in [0.15, 0.2) is 30.3 Å². The first-order valence-corrected chi connectivity index (χ1v) is 10.9. The van der Waals surface area contributed by atoms with Gasteiger partial charge in [0, 0.05) is 22.6 Å². The molecule has 30 heavy (non-hydrogen) atoms. The Morgan fingerprint density at radius 2 is 1.87 bits per heavy atom. The van der Waals surface area contributed by atoms with Crippen molar-refractivity contribution in [3.05, 3.63) is 57.5 Å². The van der Waals surface area contributed by atoms with E-state index >= 15 is 0 Å². The molecular formula is C23H26N2O4S. The summed E-state index contributed by atoms with van der Waals surface area (Å²) in [6.45, 7) is 5.93. The molecule has 0 unspecified atom stereocenters. The Morgan fingerprint density at radius 1 is 1.17 bits per heavy atom. The number of amides is 2. The summed E-state index contributed by atoms with van der Waals surface area (Å²) in [5.41, 5.74) is 2.74. The summed E-state index contributed by atoms with van der Waals surface area (Å²) in [6.07, 6.45) is 5.85. The molecule has 1 aromatic heterocycles. The van der Waals surface area contributed by atoms with E-state index in [-0.39, 0.29) is 18.4 Å². The van der Waals surface area contributed by atoms with Crippen molar-refractivity contribution >= 4 is 40.2 Å². The summed E-state index contributed by atoms with van der Waals surface area (Å²) in [5.74, 6) is -0.824. The van der Waals surface area contributed by atoms with Crippen LogP contribution in [-0.4, -0.2) is 30.4 Å². The van der Waals surface area contributed by atoms with Crippen LogP contribution in [0.5, 0.6) is 0 Å². The maximum Gasteiger partial charge on any atom is 0.341 e. The lowest BCUT2D eigenvalue weighted by Gasteiger charge is -2.06. The van der Waals surface area contributed by atoms with Crippen molar-refractivity contribution in [3.63, 3.8) is 0 Å². The SMILES string of the molecule is CCOC(=O)c1c(NC(=O)/C=C/c2ccc(C(=O)NC3CC3)cc2)sc(C)c1CC. The molecule has 1 saturated carbocycles. The van der Waals surface area contributed by atoms with Gasteiger partial charge in [0.2, 0.25) is 5.91 Å². The first-order valence-electron chi connectivity index (χ1n) is 10.1. The van der Waals surface area contributed by atoms with E-state index in [9.17, 15) is 14.4 Å². The summed E-state index contributed by atoms with van der Waals surface area (Å²) >= 11 is 1.37. The smallest absolute Gasteiger partial charge is 0.341 e. The molecule has 0 aliphatic heterocycles. The monoisotopic (exact) mass is 426 g/mol. The van der Waals surface area contributed by atoms with Gasteiger partial charge in [-0.15, -0.1) is 11.3 Å². The minimum Gasteiger partial charge on any atom is -0.462 e. The van der Waals surface area contributed by atoms with E-state index < -0.39 is 5.97 Å². The molecule has 0 saturated heterocycles. The summed E-state index contributed by atoms with van der Waals surface area (Å²) in [5, 5.41) is 6.25. The van der Waals surface area contributed by atoms with Crippen LogP contribution in [0.2, 0.25) is 0 Å². The Kier molecular flexibility index (Phi) is 7.05. The normalized spacial score (nSPS) is 13.3. The number of hydrogen-bond acceptors (Lipinski definition) is 5. The number of thiophene rings is 1. The van der Waals surface area contributed by atoms with E-state index in [1.54, 1.807) is 37.3 Å². The van der Waals surface area contributed by atoms with E-state index in [1.165, 1.54) is 17.4 Å². The summed E-state index contributed by atoms with van der Waals surface area (Å²) in [6, 6.07) is 7.38. The van der Waals surface area contributed by atoms with E-state index in [4.69, 9.17) is 4.74 Å². The van der Waals surface area contributed by atoms with Crippen LogP contribution in [0.3, 0.4) is 0 Å². The van der Waals surface area contributed by atoms with Crippen molar-refractivity contribution in [2.45, 2.75) is 46.1 Å². The van der Waals surface area contributed by atoms with Crippen molar-refractivity contribution in [2.24, 2.45) is 0 Å². The molecule has 1 heterocycles. The first-order chi connectivity index (χ1) is 14.4. The third-order valence-corrected chi connectivity index (χ3v) is 5.85. The number of ether oxygens (including phenoxy) is 1. The maximum absolute atomic E-state index is 12.4. The Hall–Kier alpha value is -2.93. The molecule has 2 amide bonds. The fourth-order valence-corrected chi connectivity index (χ4v) is 4.22. The zero-order chi connectivity index (χ0) is 21.7. The lowest BCUT2D eigenvalue weighted by molar-refractivity contribution is -0.111. The topological polar surface area (TPSA) is 84.5 Å². The molecule has 1 aliphatic carbocycles. The second-order valence-corrected chi connectivity index (χ2v) is 8.33. The van der Waals surface area contributed by atoms with Crippen LogP contribution >= 0.6 is 11.3 Å². The quantitative estimate of drug-likeness (QED) is 0.486. The Labute approximate surface area is 180 Å². The number of carbonyl (C=O) groups is 3. The Morgan fingerprint density at radius 3 is 2.47 bits per heavy atom. The lowest BCUT2D eigenvalue weighted by Crippen LogP contribution is -2.25. The molecule has 2 N–H and O–H groups in total. The van der Waals surface area contributed by atoms with Crippen LogP contribution < -0.4 is 10.6 Å². The standard InChI is InChI=1S/C23H26N2O4S/c1-4-18-14(3)30-22(20(18)23(28)29-5-2)25-19(26)13-8-15-6-9-16(10-7-15)21(27)24-17-11-12-17/h6-10,13,17H,4-5,11-12H2,1-3H3,(H,24,27)(H,25,26)/b13-8+. The van der Waals surface area contributed by atoms with Crippen LogP contribution in [0.1, 0.15) is 63.4 Å². The number of hydrogen-bond donors (Lipinski definition) is 2. The average molecular weight is 427 g/mol. The number of rotatable bonds is 8. The third-order valence-electron chi connectivity index (χ3n) is 4.79. The molecule has 0 atom stereocenters. The van der Waals surface area contributed by atoms with Gasteiger partial charge in [-0.1, -0.05) is 19.1 Å². The molecule has 1 aromatic carbocycles. The van der Waals surface area contributed by atoms with Crippen LogP contribution in [0.25, 0.3) is 6.08 Å². The van der Waals surface area contributed by atoms with Crippen LogP contribution in [0.4, 0.5) is 5.00 Å². The van der Waals surface area contributed by atoms with Gasteiger partial charge in [-0.25, -0.2) is 4.79 Å². The van der Waals surface area contributed by atoms with Crippen LogP contribution in [-0.2, 0) is 16.0 Å². The summed E-state index contributed by atoms with van der Waals surface area (Å²) in [4.78, 5) is 37.8. The van der Waals surface area contributed by atoms with Gasteiger partial charge in [0.1, 0.15) is 5.00 Å². The fraction of sp³-hybridized carbons (Fsp3) is 0.348. The van der Waals surface area contributed by atoms with Crippen LogP contribution in [0, 0.1) is 6.92 Å². The molecule has 3 rings (SSSR count). The van der Waals surface area contributed by atoms with Gasteiger partial charge in [0.05, 0.1) is 12.2 Å². The molecule has 6 nitrogen and oxygen atoms in total. The largest absolute Gasteiger partial charge is 0.462 e. The number of carbonyl (C=O) groups excluding carboxylic acids is 3. The summed E-state index contributed by atoms with van der Waals surface area (Å²) < 4.78 is 5.16. The van der Waals surface area contributed by atoms with Gasteiger partial charge in [0.25, 0.3) is 5.91 Å². The van der Waals surface area contributed by atoms with Crippen molar-refractivity contribution in [1.82, 2.24) is 5.32 Å². The summed E-state index contributed by atoms with van der Waals surface area (Å²) in [7, 11) is 0. The van der Waals surface area contributed by atoms with E-state index in [1.807, 2.05) is 13.8 Å². The number of esters is 1.